The topological polar surface area (TPSA) is 49.4 Å². The highest BCUT2D eigenvalue weighted by Crippen LogP contribution is 2.17. The molecule has 29 heavy (non-hydrogen) atoms. The van der Waals surface area contributed by atoms with Crippen LogP contribution in [0.15, 0.2) is 78.9 Å². The SMILES string of the molecule is CCN(C(=O)c1ccc(C(=O)NCCc2ccccc2F)cc1)c1ccccc1. The van der Waals surface area contributed by atoms with E-state index in [9.17, 15) is 14.0 Å². The van der Waals surface area contributed by atoms with Crippen LogP contribution in [0.25, 0.3) is 0 Å². The number of halogens is 1. The van der Waals surface area contributed by atoms with Crippen LogP contribution in [-0.2, 0) is 6.42 Å². The van der Waals surface area contributed by atoms with Crippen LogP contribution in [0.2, 0.25) is 0 Å². The summed E-state index contributed by atoms with van der Waals surface area (Å²) in [7, 11) is 0. The summed E-state index contributed by atoms with van der Waals surface area (Å²) >= 11 is 0. The lowest BCUT2D eigenvalue weighted by molar-refractivity contribution is 0.0950. The fourth-order valence-corrected chi connectivity index (χ4v) is 3.09. The van der Waals surface area contributed by atoms with Gasteiger partial charge in [0.05, 0.1) is 0 Å². The molecule has 1 N–H and O–H groups in total. The van der Waals surface area contributed by atoms with E-state index in [1.165, 1.54) is 6.07 Å². The molecule has 0 aliphatic rings. The molecule has 0 aromatic heterocycles. The largest absolute Gasteiger partial charge is 0.352 e. The highest BCUT2D eigenvalue weighted by Gasteiger charge is 2.16. The summed E-state index contributed by atoms with van der Waals surface area (Å²) in [5, 5.41) is 2.78. The van der Waals surface area contributed by atoms with Crippen molar-refractivity contribution in [1.29, 1.82) is 0 Å². The third-order valence-electron chi connectivity index (χ3n) is 4.66. The molecular formula is C24H23FN2O2. The molecule has 0 atom stereocenters. The van der Waals surface area contributed by atoms with E-state index >= 15 is 0 Å². The maximum absolute atomic E-state index is 13.6. The van der Waals surface area contributed by atoms with Gasteiger partial charge in [0.1, 0.15) is 5.82 Å². The van der Waals surface area contributed by atoms with Crippen LogP contribution in [0, 0.1) is 5.82 Å². The molecule has 0 unspecified atom stereocenters. The molecular weight excluding hydrogens is 367 g/mol. The second kappa shape index (κ2) is 9.64. The normalized spacial score (nSPS) is 10.4. The molecule has 0 saturated heterocycles. The Labute approximate surface area is 170 Å². The van der Waals surface area contributed by atoms with Crippen molar-refractivity contribution < 1.29 is 14.0 Å². The van der Waals surface area contributed by atoms with E-state index in [2.05, 4.69) is 5.32 Å². The Morgan fingerprint density at radius 1 is 0.862 bits per heavy atom. The predicted molar refractivity (Wildman–Crippen MR) is 113 cm³/mol. The van der Waals surface area contributed by atoms with Crippen LogP contribution in [0.3, 0.4) is 0 Å². The molecule has 148 valence electrons. The third-order valence-corrected chi connectivity index (χ3v) is 4.66. The standard InChI is InChI=1S/C24H23FN2O2/c1-2-27(21-9-4-3-5-10-21)24(29)20-14-12-19(13-15-20)23(28)26-17-16-18-8-6-7-11-22(18)25/h3-15H,2,16-17H2,1H3,(H,26,28). The number of amides is 2. The van der Waals surface area contributed by atoms with E-state index in [1.807, 2.05) is 37.3 Å². The number of carbonyl (C=O) groups excluding carboxylic acids is 2. The summed E-state index contributed by atoms with van der Waals surface area (Å²) < 4.78 is 13.6. The Bertz CT molecular complexity index is 972. The van der Waals surface area contributed by atoms with Crippen LogP contribution < -0.4 is 10.2 Å². The average molecular weight is 390 g/mol. The first-order chi connectivity index (χ1) is 14.1. The second-order valence-corrected chi connectivity index (χ2v) is 6.56. The number of anilines is 1. The molecule has 3 rings (SSSR count). The first kappa shape index (κ1) is 20.3. The van der Waals surface area contributed by atoms with Gasteiger partial charge in [0.15, 0.2) is 0 Å². The molecule has 5 heteroatoms. The molecule has 0 heterocycles. The Balaban J connectivity index is 1.61. The van der Waals surface area contributed by atoms with E-state index < -0.39 is 0 Å². The molecule has 0 radical (unpaired) electrons. The monoisotopic (exact) mass is 390 g/mol. The van der Waals surface area contributed by atoms with E-state index in [0.29, 0.717) is 36.2 Å². The summed E-state index contributed by atoms with van der Waals surface area (Å²) in [6.45, 7) is 2.79. The van der Waals surface area contributed by atoms with E-state index in [0.717, 1.165) is 5.69 Å². The summed E-state index contributed by atoms with van der Waals surface area (Å²) in [6.07, 6.45) is 0.414. The van der Waals surface area contributed by atoms with Gasteiger partial charge >= 0.3 is 0 Å². The fourth-order valence-electron chi connectivity index (χ4n) is 3.09. The van der Waals surface area contributed by atoms with Gasteiger partial charge in [-0.3, -0.25) is 9.59 Å². The number of nitrogens with one attached hydrogen (secondary N) is 1. The Hall–Kier alpha value is -3.47. The lowest BCUT2D eigenvalue weighted by atomic mass is 10.1. The van der Waals surface area contributed by atoms with Crippen molar-refractivity contribution >= 4 is 17.5 Å². The van der Waals surface area contributed by atoms with Gasteiger partial charge in [-0.05, 0) is 61.4 Å². The summed E-state index contributed by atoms with van der Waals surface area (Å²) in [6, 6.07) is 22.5. The van der Waals surface area contributed by atoms with Crippen molar-refractivity contribution in [1.82, 2.24) is 5.32 Å². The molecule has 4 nitrogen and oxygen atoms in total. The molecule has 2 amide bonds. The molecule has 0 aliphatic carbocycles. The molecule has 3 aromatic carbocycles. The summed E-state index contributed by atoms with van der Waals surface area (Å²) in [5.41, 5.74) is 2.36. The lowest BCUT2D eigenvalue weighted by Gasteiger charge is -2.21. The molecule has 0 bridgehead atoms. The minimum absolute atomic E-state index is 0.120. The Morgan fingerprint density at radius 2 is 1.48 bits per heavy atom. The summed E-state index contributed by atoms with van der Waals surface area (Å²) in [5.74, 6) is -0.649. The van der Waals surface area contributed by atoms with E-state index in [1.54, 1.807) is 47.4 Å². The number of rotatable bonds is 7. The zero-order valence-corrected chi connectivity index (χ0v) is 16.3. The Morgan fingerprint density at radius 3 is 2.14 bits per heavy atom. The van der Waals surface area contributed by atoms with Crippen LogP contribution in [0.1, 0.15) is 33.2 Å². The number of nitrogens with zero attached hydrogens (tertiary/aromatic N) is 1. The number of benzene rings is 3. The Kier molecular flexibility index (Phi) is 6.74. The zero-order chi connectivity index (χ0) is 20.6. The van der Waals surface area contributed by atoms with Crippen molar-refractivity contribution in [3.8, 4) is 0 Å². The van der Waals surface area contributed by atoms with Gasteiger partial charge in [-0.15, -0.1) is 0 Å². The zero-order valence-electron chi connectivity index (χ0n) is 16.3. The van der Waals surface area contributed by atoms with Gasteiger partial charge in [0, 0.05) is 29.9 Å². The minimum atomic E-state index is -0.275. The van der Waals surface area contributed by atoms with E-state index in [-0.39, 0.29) is 17.6 Å². The highest BCUT2D eigenvalue weighted by molar-refractivity contribution is 6.06. The number of hydrogen-bond donors (Lipinski definition) is 1. The molecule has 3 aromatic rings. The van der Waals surface area contributed by atoms with Crippen LogP contribution >= 0.6 is 0 Å². The quantitative estimate of drug-likeness (QED) is 0.647. The molecule has 0 saturated carbocycles. The van der Waals surface area contributed by atoms with Crippen LogP contribution in [-0.4, -0.2) is 24.9 Å². The minimum Gasteiger partial charge on any atom is -0.352 e. The van der Waals surface area contributed by atoms with Crippen molar-refractivity contribution in [3.05, 3.63) is 101 Å². The fraction of sp³-hybridized carbons (Fsp3) is 0.167. The predicted octanol–water partition coefficient (Wildman–Crippen LogP) is 4.46. The molecule has 0 spiro atoms. The van der Waals surface area contributed by atoms with Crippen molar-refractivity contribution in [2.24, 2.45) is 0 Å². The van der Waals surface area contributed by atoms with Crippen molar-refractivity contribution in [2.75, 3.05) is 18.0 Å². The summed E-state index contributed by atoms with van der Waals surface area (Å²) in [4.78, 5) is 26.8. The maximum Gasteiger partial charge on any atom is 0.258 e. The smallest absolute Gasteiger partial charge is 0.258 e. The lowest BCUT2D eigenvalue weighted by Crippen LogP contribution is -2.30. The van der Waals surface area contributed by atoms with Gasteiger partial charge in [-0.1, -0.05) is 36.4 Å². The second-order valence-electron chi connectivity index (χ2n) is 6.56. The third kappa shape index (κ3) is 5.08. The average Bonchev–Trinajstić information content (AvgIpc) is 2.76. The van der Waals surface area contributed by atoms with E-state index in [4.69, 9.17) is 0 Å². The van der Waals surface area contributed by atoms with Gasteiger partial charge in [-0.25, -0.2) is 4.39 Å². The van der Waals surface area contributed by atoms with Gasteiger partial charge in [0.2, 0.25) is 0 Å². The molecule has 0 fully saturated rings. The first-order valence-electron chi connectivity index (χ1n) is 9.58. The highest BCUT2D eigenvalue weighted by atomic mass is 19.1. The van der Waals surface area contributed by atoms with Crippen molar-refractivity contribution in [2.45, 2.75) is 13.3 Å². The van der Waals surface area contributed by atoms with Gasteiger partial charge in [-0.2, -0.15) is 0 Å². The number of para-hydroxylation sites is 1. The first-order valence-corrected chi connectivity index (χ1v) is 9.58. The maximum atomic E-state index is 13.6. The number of carbonyl (C=O) groups is 2. The van der Waals surface area contributed by atoms with Crippen LogP contribution in [0.5, 0.6) is 0 Å². The van der Waals surface area contributed by atoms with Gasteiger partial charge < -0.3 is 10.2 Å². The van der Waals surface area contributed by atoms with Gasteiger partial charge in [0.25, 0.3) is 11.8 Å². The number of hydrogen-bond acceptors (Lipinski definition) is 2. The molecule has 0 aliphatic heterocycles. The van der Waals surface area contributed by atoms with Crippen LogP contribution in [0.4, 0.5) is 10.1 Å². The van der Waals surface area contributed by atoms with Crippen molar-refractivity contribution in [3.63, 3.8) is 0 Å².